The molecule has 3 aliphatic rings. The normalized spacial score (nSPS) is 39.5. The Morgan fingerprint density at radius 3 is 1.93 bits per heavy atom. The third kappa shape index (κ3) is 4.82. The maximum atomic E-state index is 12.8. The minimum absolute atomic E-state index is 0.124. The molecule has 0 aromatic carbocycles. The van der Waals surface area contributed by atoms with E-state index in [2.05, 4.69) is 6.92 Å². The van der Waals surface area contributed by atoms with Gasteiger partial charge < -0.3 is 4.74 Å². The van der Waals surface area contributed by atoms with E-state index in [0.29, 0.717) is 31.3 Å². The molecule has 0 saturated heterocycles. The van der Waals surface area contributed by atoms with Crippen molar-refractivity contribution < 1.29 is 14.3 Å². The fourth-order valence-electron chi connectivity index (χ4n) is 6.53. The summed E-state index contributed by atoms with van der Waals surface area (Å²) < 4.78 is 5.18. The van der Waals surface area contributed by atoms with Crippen LogP contribution < -0.4 is 0 Å². The molecular weight excluding hydrogens is 348 g/mol. The average Bonchev–Trinajstić information content (AvgIpc) is 2.71. The summed E-state index contributed by atoms with van der Waals surface area (Å²) in [6, 6.07) is 0. The predicted octanol–water partition coefficient (Wildman–Crippen LogP) is 6.34. The molecule has 0 heterocycles. The number of hydrogen-bond acceptors (Lipinski definition) is 3. The van der Waals surface area contributed by atoms with Gasteiger partial charge in [0.2, 0.25) is 0 Å². The lowest BCUT2D eigenvalue weighted by Crippen LogP contribution is -2.44. The van der Waals surface area contributed by atoms with Gasteiger partial charge in [0.1, 0.15) is 11.2 Å². The van der Waals surface area contributed by atoms with Crippen LogP contribution in [-0.2, 0) is 14.3 Å². The van der Waals surface area contributed by atoms with E-state index < -0.39 is 5.41 Å². The molecule has 0 bridgehead atoms. The first kappa shape index (κ1) is 21.8. The Morgan fingerprint density at radius 2 is 1.43 bits per heavy atom. The van der Waals surface area contributed by atoms with Gasteiger partial charge in [0.05, 0.1) is 6.61 Å². The van der Waals surface area contributed by atoms with Crippen molar-refractivity contribution in [3.05, 3.63) is 0 Å². The first-order valence-corrected chi connectivity index (χ1v) is 12.2. The second-order valence-corrected chi connectivity index (χ2v) is 10.2. The highest BCUT2D eigenvalue weighted by molar-refractivity contribution is 6.03. The van der Waals surface area contributed by atoms with E-state index in [1.165, 1.54) is 64.2 Å². The van der Waals surface area contributed by atoms with E-state index >= 15 is 0 Å². The molecule has 3 nitrogen and oxygen atoms in total. The minimum atomic E-state index is -0.888. The van der Waals surface area contributed by atoms with E-state index in [1.807, 2.05) is 6.92 Å². The van der Waals surface area contributed by atoms with E-state index in [1.54, 1.807) is 6.92 Å². The van der Waals surface area contributed by atoms with Gasteiger partial charge in [0.15, 0.2) is 0 Å². The van der Waals surface area contributed by atoms with Crippen LogP contribution in [0.1, 0.15) is 104 Å². The summed E-state index contributed by atoms with van der Waals surface area (Å²) in [5.41, 5.74) is -0.888. The van der Waals surface area contributed by atoms with Crippen LogP contribution in [0, 0.1) is 35.0 Å². The van der Waals surface area contributed by atoms with Crippen molar-refractivity contribution in [2.45, 2.75) is 104 Å². The van der Waals surface area contributed by atoms with Crippen molar-refractivity contribution in [1.29, 1.82) is 0 Å². The van der Waals surface area contributed by atoms with Crippen molar-refractivity contribution in [2.75, 3.05) is 6.61 Å². The molecule has 1 unspecified atom stereocenters. The molecule has 3 heteroatoms. The number of ketones is 1. The molecule has 0 spiro atoms. The summed E-state index contributed by atoms with van der Waals surface area (Å²) in [5.74, 6) is 3.91. The highest BCUT2D eigenvalue weighted by Crippen LogP contribution is 2.47. The van der Waals surface area contributed by atoms with Gasteiger partial charge in [-0.3, -0.25) is 9.59 Å². The lowest BCUT2D eigenvalue weighted by Gasteiger charge is -2.42. The first-order valence-electron chi connectivity index (χ1n) is 12.2. The summed E-state index contributed by atoms with van der Waals surface area (Å²) in [6.45, 7) is 6.29. The van der Waals surface area contributed by atoms with Crippen LogP contribution in [0.2, 0.25) is 0 Å². The second kappa shape index (κ2) is 9.76. The van der Waals surface area contributed by atoms with Gasteiger partial charge in [-0.25, -0.2) is 0 Å². The van der Waals surface area contributed by atoms with Gasteiger partial charge in [-0.15, -0.1) is 0 Å². The smallest absolute Gasteiger partial charge is 0.319 e. The van der Waals surface area contributed by atoms with Gasteiger partial charge in [0.25, 0.3) is 0 Å². The van der Waals surface area contributed by atoms with Crippen molar-refractivity contribution in [3.63, 3.8) is 0 Å². The fraction of sp³-hybridized carbons (Fsp3) is 0.920. The highest BCUT2D eigenvalue weighted by Gasteiger charge is 2.47. The molecular formula is C25H42O3. The Kier molecular flexibility index (Phi) is 7.61. The largest absolute Gasteiger partial charge is 0.465 e. The second-order valence-electron chi connectivity index (χ2n) is 10.2. The van der Waals surface area contributed by atoms with Crippen LogP contribution in [0.25, 0.3) is 0 Å². The molecule has 3 fully saturated rings. The summed E-state index contributed by atoms with van der Waals surface area (Å²) in [7, 11) is 0. The molecule has 28 heavy (non-hydrogen) atoms. The van der Waals surface area contributed by atoms with E-state index in [-0.39, 0.29) is 11.8 Å². The van der Waals surface area contributed by atoms with Gasteiger partial charge in [-0.05, 0) is 94.8 Å². The van der Waals surface area contributed by atoms with Crippen LogP contribution in [-0.4, -0.2) is 18.4 Å². The highest BCUT2D eigenvalue weighted by atomic mass is 16.5. The number of carbonyl (C=O) groups excluding carboxylic acids is 2. The Hall–Kier alpha value is -0.860. The number of esters is 1. The molecule has 0 amide bonds. The maximum absolute atomic E-state index is 12.8. The molecule has 0 aliphatic heterocycles. The third-order valence-electron chi connectivity index (χ3n) is 8.54. The minimum Gasteiger partial charge on any atom is -0.465 e. The van der Waals surface area contributed by atoms with Gasteiger partial charge >= 0.3 is 5.97 Å². The SMILES string of the molecule is CCC[C@H]1CC[C@H](C2CCC(C3CC[C@](C)(C(=O)OCC)C(=O)C3)CC2)CC1. The zero-order valence-electron chi connectivity index (χ0n) is 18.5. The molecule has 0 aromatic rings. The van der Waals surface area contributed by atoms with Crippen LogP contribution in [0.3, 0.4) is 0 Å². The van der Waals surface area contributed by atoms with Gasteiger partial charge in [-0.1, -0.05) is 32.6 Å². The fourth-order valence-corrected chi connectivity index (χ4v) is 6.53. The number of hydrogen-bond donors (Lipinski definition) is 0. The van der Waals surface area contributed by atoms with E-state index in [4.69, 9.17) is 4.74 Å². The maximum Gasteiger partial charge on any atom is 0.319 e. The topological polar surface area (TPSA) is 43.4 Å². The molecule has 3 aliphatic carbocycles. The quantitative estimate of drug-likeness (QED) is 0.393. The van der Waals surface area contributed by atoms with Crippen LogP contribution in [0.4, 0.5) is 0 Å². The van der Waals surface area contributed by atoms with Crippen molar-refractivity contribution >= 4 is 11.8 Å². The summed E-state index contributed by atoms with van der Waals surface area (Å²) >= 11 is 0. The Balaban J connectivity index is 1.45. The van der Waals surface area contributed by atoms with Gasteiger partial charge in [-0.2, -0.15) is 0 Å². The Bertz CT molecular complexity index is 526. The van der Waals surface area contributed by atoms with Crippen molar-refractivity contribution in [2.24, 2.45) is 35.0 Å². The van der Waals surface area contributed by atoms with Crippen LogP contribution in [0.5, 0.6) is 0 Å². The monoisotopic (exact) mass is 390 g/mol. The standard InChI is InChI=1S/C25H42O3/c1-4-6-18-7-9-19(10-8-18)20-11-13-21(14-12-20)22-15-16-25(3,23(26)17-22)24(27)28-5-2/h18-22H,4-17H2,1-3H3/t18-,19-,20?,21?,22?,25-/m0/s1. The molecule has 0 radical (unpaired) electrons. The zero-order valence-corrected chi connectivity index (χ0v) is 18.5. The molecule has 0 N–H and O–H groups in total. The predicted molar refractivity (Wildman–Crippen MR) is 113 cm³/mol. The molecule has 0 aromatic heterocycles. The number of ether oxygens (including phenoxy) is 1. The van der Waals surface area contributed by atoms with E-state index in [9.17, 15) is 9.59 Å². The van der Waals surface area contributed by atoms with Crippen molar-refractivity contribution in [1.82, 2.24) is 0 Å². The summed E-state index contributed by atoms with van der Waals surface area (Å²) in [5, 5.41) is 0. The number of rotatable bonds is 6. The molecule has 160 valence electrons. The zero-order chi connectivity index (χ0) is 20.1. The third-order valence-corrected chi connectivity index (χ3v) is 8.54. The Morgan fingerprint density at radius 1 is 0.893 bits per heavy atom. The molecule has 3 saturated carbocycles. The van der Waals surface area contributed by atoms with Gasteiger partial charge in [0, 0.05) is 6.42 Å². The molecule has 2 atom stereocenters. The lowest BCUT2D eigenvalue weighted by molar-refractivity contribution is -0.162. The number of Topliss-reactive ketones (excluding diaryl/α,β-unsaturated/α-hetero) is 1. The number of carbonyl (C=O) groups is 2. The average molecular weight is 391 g/mol. The molecule has 3 rings (SSSR count). The van der Waals surface area contributed by atoms with Crippen LogP contribution in [0.15, 0.2) is 0 Å². The van der Waals surface area contributed by atoms with Crippen LogP contribution >= 0.6 is 0 Å². The van der Waals surface area contributed by atoms with Crippen molar-refractivity contribution in [3.8, 4) is 0 Å². The summed E-state index contributed by atoms with van der Waals surface area (Å²) in [6.07, 6.45) is 16.2. The summed E-state index contributed by atoms with van der Waals surface area (Å²) in [4.78, 5) is 25.0. The lowest BCUT2D eigenvalue weighted by atomic mass is 9.62. The Labute approximate surface area is 172 Å². The first-order chi connectivity index (χ1) is 13.5. The van der Waals surface area contributed by atoms with E-state index in [0.717, 1.165) is 24.2 Å².